The largest absolute Gasteiger partial charge is 0.396 e. The Balaban J connectivity index is 1.34. The molecule has 6 rings (SSSR count). The minimum Gasteiger partial charge on any atom is -0.396 e. The number of allylic oxidation sites excluding steroid dienone is 2. The molecule has 1 heterocycles. The van der Waals surface area contributed by atoms with E-state index in [1.54, 1.807) is 0 Å². The summed E-state index contributed by atoms with van der Waals surface area (Å²) >= 11 is 0. The predicted octanol–water partition coefficient (Wildman–Crippen LogP) is 1.88. The molecule has 0 aromatic heterocycles. The molecular weight excluding hydrogens is 592 g/mol. The monoisotopic (exact) mass is 652 g/mol. The minimum absolute atomic E-state index is 0.0303. The van der Waals surface area contributed by atoms with Crippen LogP contribution < -0.4 is 0 Å². The van der Waals surface area contributed by atoms with Gasteiger partial charge in [-0.1, -0.05) is 53.2 Å². The van der Waals surface area contributed by atoms with E-state index in [1.165, 1.54) is 5.57 Å². The lowest BCUT2D eigenvalue weighted by molar-refractivity contribution is -0.329. The Labute approximate surface area is 273 Å². The highest BCUT2D eigenvalue weighted by Gasteiger charge is 2.71. The lowest BCUT2D eigenvalue weighted by atomic mass is 9.33. The van der Waals surface area contributed by atoms with Crippen molar-refractivity contribution < 1.29 is 50.3 Å². The molecule has 1 saturated heterocycles. The van der Waals surface area contributed by atoms with Gasteiger partial charge >= 0.3 is 0 Å². The Bertz CT molecular complexity index is 1190. The van der Waals surface area contributed by atoms with Gasteiger partial charge in [0.2, 0.25) is 0 Å². The van der Waals surface area contributed by atoms with E-state index >= 15 is 0 Å². The molecule has 0 aromatic rings. The number of fused-ring (bicyclic) bond motifs is 7. The summed E-state index contributed by atoms with van der Waals surface area (Å²) in [5.74, 6) is 0.415. The van der Waals surface area contributed by atoms with E-state index in [0.717, 1.165) is 25.7 Å². The third-order valence-electron chi connectivity index (χ3n) is 15.6. The van der Waals surface area contributed by atoms with Crippen LogP contribution in [0.5, 0.6) is 0 Å². The average molecular weight is 653 g/mol. The zero-order valence-corrected chi connectivity index (χ0v) is 28.6. The van der Waals surface area contributed by atoms with Crippen LogP contribution in [-0.2, 0) is 9.47 Å². The van der Waals surface area contributed by atoms with E-state index in [4.69, 9.17) is 9.47 Å². The Kier molecular flexibility index (Phi) is 8.74. The summed E-state index contributed by atoms with van der Waals surface area (Å²) in [6, 6.07) is 0. The summed E-state index contributed by atoms with van der Waals surface area (Å²) in [5.41, 5.74) is -1.09. The molecule has 0 radical (unpaired) electrons. The second-order valence-electron chi connectivity index (χ2n) is 17.9. The van der Waals surface area contributed by atoms with Gasteiger partial charge in [0.1, 0.15) is 24.4 Å². The van der Waals surface area contributed by atoms with E-state index in [9.17, 15) is 40.9 Å². The van der Waals surface area contributed by atoms with Gasteiger partial charge in [0.25, 0.3) is 0 Å². The highest BCUT2D eigenvalue weighted by atomic mass is 16.7. The van der Waals surface area contributed by atoms with Crippen LogP contribution in [-0.4, -0.2) is 110 Å². The fraction of sp³-hybridized carbons (Fsp3) is 0.944. The lowest BCUT2D eigenvalue weighted by Crippen LogP contribution is -2.68. The van der Waals surface area contributed by atoms with Crippen molar-refractivity contribution in [2.75, 3.05) is 19.8 Å². The van der Waals surface area contributed by atoms with Crippen LogP contribution >= 0.6 is 0 Å². The smallest absolute Gasteiger partial charge is 0.186 e. The first kappa shape index (κ1) is 35.2. The molecule has 6 aliphatic rings. The Morgan fingerprint density at radius 2 is 1.48 bits per heavy atom. The maximum Gasteiger partial charge on any atom is 0.186 e. The van der Waals surface area contributed by atoms with Crippen LogP contribution in [0.1, 0.15) is 92.9 Å². The molecular formula is C36H60O10. The van der Waals surface area contributed by atoms with Gasteiger partial charge in [0.05, 0.1) is 38.1 Å². The molecule has 16 atom stereocenters. The fourth-order valence-corrected chi connectivity index (χ4v) is 12.3. The van der Waals surface area contributed by atoms with Crippen molar-refractivity contribution in [3.63, 3.8) is 0 Å². The topological polar surface area (TPSA) is 180 Å². The third-order valence-corrected chi connectivity index (χ3v) is 15.6. The number of hydrogen-bond acceptors (Lipinski definition) is 10. The van der Waals surface area contributed by atoms with Crippen molar-refractivity contribution in [1.29, 1.82) is 0 Å². The number of aliphatic hydroxyl groups is 8. The zero-order valence-electron chi connectivity index (χ0n) is 28.6. The number of hydrogen-bond donors (Lipinski definition) is 8. The van der Waals surface area contributed by atoms with Crippen LogP contribution in [0.2, 0.25) is 0 Å². The van der Waals surface area contributed by atoms with Gasteiger partial charge in [-0.3, -0.25) is 0 Å². The molecule has 5 fully saturated rings. The van der Waals surface area contributed by atoms with Gasteiger partial charge in [0.15, 0.2) is 6.29 Å². The van der Waals surface area contributed by atoms with E-state index < -0.39 is 71.9 Å². The van der Waals surface area contributed by atoms with Crippen LogP contribution in [0, 0.1) is 50.2 Å². The van der Waals surface area contributed by atoms with Crippen LogP contribution in [0.4, 0.5) is 0 Å². The van der Waals surface area contributed by atoms with Crippen LogP contribution in [0.25, 0.3) is 0 Å². The zero-order chi connectivity index (χ0) is 33.8. The van der Waals surface area contributed by atoms with E-state index in [-0.39, 0.29) is 41.3 Å². The van der Waals surface area contributed by atoms with Crippen molar-refractivity contribution in [1.82, 2.24) is 0 Å². The van der Waals surface area contributed by atoms with Crippen molar-refractivity contribution in [2.45, 2.75) is 142 Å². The highest BCUT2D eigenvalue weighted by Crippen LogP contribution is 2.75. The number of rotatable bonds is 5. The van der Waals surface area contributed by atoms with Gasteiger partial charge in [-0.25, -0.2) is 0 Å². The molecule has 16 unspecified atom stereocenters. The van der Waals surface area contributed by atoms with Crippen molar-refractivity contribution in [3.05, 3.63) is 11.6 Å². The van der Waals surface area contributed by atoms with Crippen LogP contribution in [0.15, 0.2) is 11.6 Å². The molecule has 0 aromatic carbocycles. The van der Waals surface area contributed by atoms with E-state index in [1.807, 2.05) is 0 Å². The number of ether oxygens (including phenoxy) is 2. The van der Waals surface area contributed by atoms with E-state index in [2.05, 4.69) is 47.6 Å². The van der Waals surface area contributed by atoms with Crippen molar-refractivity contribution in [2.24, 2.45) is 50.2 Å². The van der Waals surface area contributed by atoms with Crippen molar-refractivity contribution in [3.8, 4) is 0 Å². The Hall–Kier alpha value is -0.660. The van der Waals surface area contributed by atoms with Gasteiger partial charge < -0.3 is 50.3 Å². The van der Waals surface area contributed by atoms with E-state index in [0.29, 0.717) is 31.6 Å². The summed E-state index contributed by atoms with van der Waals surface area (Å²) in [5, 5.41) is 86.1. The summed E-state index contributed by atoms with van der Waals surface area (Å²) in [4.78, 5) is 0. The van der Waals surface area contributed by atoms with Crippen molar-refractivity contribution >= 4 is 0 Å². The molecule has 46 heavy (non-hydrogen) atoms. The summed E-state index contributed by atoms with van der Waals surface area (Å²) in [7, 11) is 0. The highest BCUT2D eigenvalue weighted by molar-refractivity contribution is 5.35. The molecule has 10 nitrogen and oxygen atoms in total. The molecule has 10 heteroatoms. The van der Waals surface area contributed by atoms with Gasteiger partial charge in [-0.05, 0) is 90.8 Å². The molecule has 0 bridgehead atoms. The first-order chi connectivity index (χ1) is 21.4. The third kappa shape index (κ3) is 4.57. The lowest BCUT2D eigenvalue weighted by Gasteiger charge is -2.72. The van der Waals surface area contributed by atoms with Gasteiger partial charge in [-0.2, -0.15) is 0 Å². The summed E-state index contributed by atoms with van der Waals surface area (Å²) in [6.45, 7) is 12.5. The Morgan fingerprint density at radius 1 is 0.783 bits per heavy atom. The van der Waals surface area contributed by atoms with Crippen LogP contribution in [0.3, 0.4) is 0 Å². The number of aliphatic hydroxyl groups excluding tert-OH is 8. The maximum atomic E-state index is 12.2. The fourth-order valence-electron chi connectivity index (χ4n) is 12.3. The average Bonchev–Trinajstić information content (AvgIpc) is 3.00. The Morgan fingerprint density at radius 3 is 2.11 bits per heavy atom. The van der Waals surface area contributed by atoms with Gasteiger partial charge in [-0.15, -0.1) is 0 Å². The summed E-state index contributed by atoms with van der Waals surface area (Å²) < 4.78 is 12.1. The SMILES string of the molecule is CC1(C)CC2C3=CCC4C5(C)CCC(O)C(C)(CO)C5CCC4(C)C3(C)CC(O)C2(CO)CC1OC1OC(CO)C(O)C(O)C1O. The molecule has 5 aliphatic carbocycles. The second kappa shape index (κ2) is 11.4. The normalized spacial score (nSPS) is 56.6. The molecule has 4 saturated carbocycles. The van der Waals surface area contributed by atoms with Gasteiger partial charge in [0, 0.05) is 10.8 Å². The minimum atomic E-state index is -1.55. The quantitative estimate of drug-likeness (QED) is 0.161. The molecule has 8 N–H and O–H groups in total. The molecule has 0 spiro atoms. The standard InChI is InChI=1S/C36H60O10/c1-31(2)13-20-19-7-8-23-32(3)11-10-24(40)33(4,17-38)22(32)9-12-34(23,5)35(19,6)14-25(41)36(20,18-39)15-26(31)46-30-29(44)28(43)27(42)21(16-37)45-30/h7,20-30,37-44H,8-18H2,1-6H3. The first-order valence-corrected chi connectivity index (χ1v) is 17.6. The molecule has 0 amide bonds. The second-order valence-corrected chi connectivity index (χ2v) is 17.9. The predicted molar refractivity (Wildman–Crippen MR) is 169 cm³/mol. The first-order valence-electron chi connectivity index (χ1n) is 17.6. The summed E-state index contributed by atoms with van der Waals surface area (Å²) in [6.07, 6.45) is -0.672. The maximum absolute atomic E-state index is 12.2. The molecule has 264 valence electrons. The molecule has 1 aliphatic heterocycles.